The quantitative estimate of drug-likeness (QED) is 0.824. The van der Waals surface area contributed by atoms with E-state index in [1.54, 1.807) is 24.3 Å². The van der Waals surface area contributed by atoms with Gasteiger partial charge in [0.2, 0.25) is 17.7 Å². The Bertz CT molecular complexity index is 765. The average molecular weight is 325 g/mol. The number of fused-ring (bicyclic) bond motifs is 1. The van der Waals surface area contributed by atoms with Gasteiger partial charge in [-0.25, -0.2) is 0 Å². The van der Waals surface area contributed by atoms with E-state index in [1.165, 1.54) is 0 Å². The first-order chi connectivity index (χ1) is 11.4. The smallest absolute Gasteiger partial charge is 0.240 e. The van der Waals surface area contributed by atoms with Crippen LogP contribution in [0.25, 0.3) is 0 Å². The lowest BCUT2D eigenvalue weighted by molar-refractivity contribution is -0.146. The number of likely N-dealkylation sites (tertiary alicyclic amines) is 1. The molecule has 1 N–H and O–H groups in total. The Morgan fingerprint density at radius 1 is 1.46 bits per heavy atom. The molecular formula is C18H19N3O3. The maximum atomic E-state index is 12.5. The summed E-state index contributed by atoms with van der Waals surface area (Å²) in [5.74, 6) is -0.963. The van der Waals surface area contributed by atoms with Crippen molar-refractivity contribution in [1.29, 1.82) is 5.26 Å². The molecule has 6 nitrogen and oxygen atoms in total. The number of amides is 3. The molecule has 1 saturated carbocycles. The zero-order valence-corrected chi connectivity index (χ0v) is 13.7. The van der Waals surface area contributed by atoms with Crippen molar-refractivity contribution in [2.24, 2.45) is 17.3 Å². The minimum absolute atomic E-state index is 0.0979. The largest absolute Gasteiger partial charge is 0.350 e. The first-order valence-corrected chi connectivity index (χ1v) is 8.01. The second-order valence-corrected chi connectivity index (χ2v) is 6.77. The summed E-state index contributed by atoms with van der Waals surface area (Å²) in [6.45, 7) is 3.90. The van der Waals surface area contributed by atoms with Crippen LogP contribution in [0.3, 0.4) is 0 Å². The number of nitrogens with zero attached hydrogens (tertiary/aromatic N) is 2. The lowest BCUT2D eigenvalue weighted by Gasteiger charge is -2.20. The Hall–Kier alpha value is -2.68. The van der Waals surface area contributed by atoms with E-state index in [4.69, 9.17) is 5.26 Å². The van der Waals surface area contributed by atoms with Gasteiger partial charge in [0, 0.05) is 6.54 Å². The summed E-state index contributed by atoms with van der Waals surface area (Å²) in [5, 5.41) is 11.6. The van der Waals surface area contributed by atoms with Gasteiger partial charge in [-0.05, 0) is 30.0 Å². The van der Waals surface area contributed by atoms with Crippen LogP contribution in [-0.4, -0.2) is 29.2 Å². The van der Waals surface area contributed by atoms with Crippen LogP contribution in [0.2, 0.25) is 0 Å². The van der Waals surface area contributed by atoms with Crippen LogP contribution in [0.15, 0.2) is 24.3 Å². The predicted molar refractivity (Wildman–Crippen MR) is 85.1 cm³/mol. The van der Waals surface area contributed by atoms with Gasteiger partial charge >= 0.3 is 0 Å². The highest BCUT2D eigenvalue weighted by Gasteiger charge is 2.72. The minimum Gasteiger partial charge on any atom is -0.350 e. The fraction of sp³-hybridized carbons (Fsp3) is 0.444. The van der Waals surface area contributed by atoms with Crippen LogP contribution < -0.4 is 5.32 Å². The van der Waals surface area contributed by atoms with Gasteiger partial charge < -0.3 is 5.32 Å². The standard InChI is InChI=1S/C18H19N3O3/c1-11(2)18-7-14(18)16(23)21(17(18)24)10-15(22)20-9-13-5-3-4-12(6-13)8-19/h3-6,11,14H,7,9-10H2,1-2H3,(H,20,22)/t14-,18+/m0/s1. The van der Waals surface area contributed by atoms with E-state index in [-0.39, 0.29) is 42.6 Å². The fourth-order valence-corrected chi connectivity index (χ4v) is 3.55. The molecule has 1 aliphatic carbocycles. The summed E-state index contributed by atoms with van der Waals surface area (Å²) in [4.78, 5) is 37.9. The molecule has 24 heavy (non-hydrogen) atoms. The summed E-state index contributed by atoms with van der Waals surface area (Å²) in [5.41, 5.74) is 0.743. The van der Waals surface area contributed by atoms with Crippen LogP contribution >= 0.6 is 0 Å². The topological polar surface area (TPSA) is 90.3 Å². The molecule has 2 aliphatic rings. The minimum atomic E-state index is -0.571. The molecule has 6 heteroatoms. The molecule has 0 spiro atoms. The molecule has 3 amide bonds. The van der Waals surface area contributed by atoms with Crippen molar-refractivity contribution in [3.05, 3.63) is 35.4 Å². The van der Waals surface area contributed by atoms with Crippen molar-refractivity contribution in [3.8, 4) is 6.07 Å². The molecule has 1 saturated heterocycles. The number of benzene rings is 1. The van der Waals surface area contributed by atoms with Crippen molar-refractivity contribution >= 4 is 17.7 Å². The van der Waals surface area contributed by atoms with E-state index in [0.29, 0.717) is 12.0 Å². The lowest BCUT2D eigenvalue weighted by atomic mass is 9.91. The monoisotopic (exact) mass is 325 g/mol. The first kappa shape index (κ1) is 16.2. The third-order valence-electron chi connectivity index (χ3n) is 5.09. The van der Waals surface area contributed by atoms with E-state index in [9.17, 15) is 14.4 Å². The normalized spacial score (nSPS) is 24.8. The van der Waals surface area contributed by atoms with E-state index < -0.39 is 5.41 Å². The van der Waals surface area contributed by atoms with Gasteiger partial charge in [-0.15, -0.1) is 0 Å². The maximum absolute atomic E-state index is 12.5. The SMILES string of the molecule is CC(C)[C@]12C[C@H]1C(=O)N(CC(=O)NCc1cccc(C#N)c1)C2=O. The number of hydrogen-bond acceptors (Lipinski definition) is 4. The molecule has 1 heterocycles. The Balaban J connectivity index is 1.59. The van der Waals surface area contributed by atoms with Gasteiger partial charge in [0.25, 0.3) is 0 Å². The molecule has 0 bridgehead atoms. The summed E-state index contributed by atoms with van der Waals surface area (Å²) in [6, 6.07) is 8.96. The van der Waals surface area contributed by atoms with Crippen LogP contribution in [0.4, 0.5) is 0 Å². The molecule has 0 radical (unpaired) electrons. The Kier molecular flexibility index (Phi) is 3.88. The molecule has 1 aliphatic heterocycles. The number of carbonyl (C=O) groups is 3. The van der Waals surface area contributed by atoms with Crippen LogP contribution in [0.5, 0.6) is 0 Å². The summed E-state index contributed by atoms with van der Waals surface area (Å²) in [6.07, 6.45) is 0.613. The second kappa shape index (κ2) is 5.75. The highest BCUT2D eigenvalue weighted by atomic mass is 16.2. The highest BCUT2D eigenvalue weighted by Crippen LogP contribution is 2.63. The summed E-state index contributed by atoms with van der Waals surface area (Å²) < 4.78 is 0. The number of nitrogens with one attached hydrogen (secondary N) is 1. The van der Waals surface area contributed by atoms with Crippen LogP contribution in [-0.2, 0) is 20.9 Å². The van der Waals surface area contributed by atoms with Crippen molar-refractivity contribution in [2.75, 3.05) is 6.54 Å². The van der Waals surface area contributed by atoms with E-state index in [1.807, 2.05) is 19.9 Å². The van der Waals surface area contributed by atoms with Gasteiger partial charge in [0.15, 0.2) is 0 Å². The zero-order chi connectivity index (χ0) is 17.5. The number of hydrogen-bond donors (Lipinski definition) is 1. The molecule has 2 atom stereocenters. The zero-order valence-electron chi connectivity index (χ0n) is 13.7. The van der Waals surface area contributed by atoms with Crippen molar-refractivity contribution in [1.82, 2.24) is 10.2 Å². The van der Waals surface area contributed by atoms with Crippen LogP contribution in [0, 0.1) is 28.6 Å². The number of imide groups is 1. The summed E-state index contributed by atoms with van der Waals surface area (Å²) >= 11 is 0. The van der Waals surface area contributed by atoms with E-state index in [0.717, 1.165) is 10.5 Å². The molecule has 2 fully saturated rings. The van der Waals surface area contributed by atoms with Crippen molar-refractivity contribution in [2.45, 2.75) is 26.8 Å². The first-order valence-electron chi connectivity index (χ1n) is 8.01. The third-order valence-corrected chi connectivity index (χ3v) is 5.09. The number of rotatable bonds is 5. The number of nitriles is 1. The molecule has 3 rings (SSSR count). The van der Waals surface area contributed by atoms with Crippen molar-refractivity contribution in [3.63, 3.8) is 0 Å². The number of carbonyl (C=O) groups excluding carboxylic acids is 3. The predicted octanol–water partition coefficient (Wildman–Crippen LogP) is 1.21. The van der Waals surface area contributed by atoms with Gasteiger partial charge in [-0.2, -0.15) is 5.26 Å². The molecule has 0 aromatic heterocycles. The van der Waals surface area contributed by atoms with Gasteiger partial charge in [0.05, 0.1) is 23.0 Å². The summed E-state index contributed by atoms with van der Waals surface area (Å²) in [7, 11) is 0. The molecule has 124 valence electrons. The second-order valence-electron chi connectivity index (χ2n) is 6.77. The molecule has 1 aromatic carbocycles. The van der Waals surface area contributed by atoms with Crippen molar-refractivity contribution < 1.29 is 14.4 Å². The average Bonchev–Trinajstić information content (AvgIpc) is 3.29. The number of piperidine rings is 1. The maximum Gasteiger partial charge on any atom is 0.240 e. The van der Waals surface area contributed by atoms with Gasteiger partial charge in [-0.1, -0.05) is 26.0 Å². The Morgan fingerprint density at radius 3 is 2.83 bits per heavy atom. The molecule has 1 aromatic rings. The van der Waals surface area contributed by atoms with Crippen LogP contribution in [0.1, 0.15) is 31.4 Å². The fourth-order valence-electron chi connectivity index (χ4n) is 3.55. The highest BCUT2D eigenvalue weighted by molar-refractivity contribution is 6.13. The van der Waals surface area contributed by atoms with Gasteiger partial charge in [-0.3, -0.25) is 19.3 Å². The van der Waals surface area contributed by atoms with Gasteiger partial charge in [0.1, 0.15) is 6.54 Å². The lowest BCUT2D eigenvalue weighted by Crippen LogP contribution is -2.43. The molecular weight excluding hydrogens is 306 g/mol. The van der Waals surface area contributed by atoms with E-state index in [2.05, 4.69) is 5.32 Å². The Morgan fingerprint density at radius 2 is 2.21 bits per heavy atom. The van der Waals surface area contributed by atoms with E-state index >= 15 is 0 Å². The Labute approximate surface area is 140 Å². The molecule has 0 unspecified atom stereocenters. The third kappa shape index (κ3) is 2.46.